The van der Waals surface area contributed by atoms with Gasteiger partial charge in [-0.25, -0.2) is 4.98 Å². The third kappa shape index (κ3) is 5.04. The normalized spacial score (nSPS) is 20.3. The van der Waals surface area contributed by atoms with E-state index in [0.29, 0.717) is 0 Å². The van der Waals surface area contributed by atoms with Crippen LogP contribution in [0.3, 0.4) is 0 Å². The van der Waals surface area contributed by atoms with Crippen molar-refractivity contribution in [1.29, 1.82) is 0 Å². The van der Waals surface area contributed by atoms with Gasteiger partial charge in [0, 0.05) is 51.0 Å². The lowest BCUT2D eigenvalue weighted by atomic mass is 10.2. The van der Waals surface area contributed by atoms with E-state index in [1.807, 2.05) is 0 Å². The maximum atomic E-state index is 5.38. The van der Waals surface area contributed by atoms with E-state index in [1.54, 1.807) is 0 Å². The number of anilines is 2. The molecule has 0 spiro atoms. The summed E-state index contributed by atoms with van der Waals surface area (Å²) in [6, 6.07) is 2.11. The number of ether oxygens (including phenoxy) is 1. The number of nitrogens with zero attached hydrogens (tertiary/aromatic N) is 4. The van der Waals surface area contributed by atoms with Crippen LogP contribution in [-0.2, 0) is 4.74 Å². The summed E-state index contributed by atoms with van der Waals surface area (Å²) >= 11 is 0. The van der Waals surface area contributed by atoms with E-state index in [0.717, 1.165) is 69.9 Å². The first kappa shape index (κ1) is 16.5. The van der Waals surface area contributed by atoms with Gasteiger partial charge < -0.3 is 15.0 Å². The number of aromatic nitrogens is 2. The number of aryl methyl sites for hydroxylation is 1. The highest BCUT2D eigenvalue weighted by Crippen LogP contribution is 2.19. The molecule has 1 aromatic rings. The number of nitrogens with one attached hydrogen (secondary N) is 1. The molecule has 6 heteroatoms. The highest BCUT2D eigenvalue weighted by molar-refractivity contribution is 5.44. The molecular weight excluding hydrogens is 290 g/mol. The standard InChI is InChI=1S/C17H29N5O/c1-15-14-16(22-7-4-2-3-5-8-22)20-17(19-15)18-6-9-21-10-12-23-13-11-21/h14H,2-13H2,1H3,(H,18,19,20). The molecule has 6 nitrogen and oxygen atoms in total. The highest BCUT2D eigenvalue weighted by atomic mass is 16.5. The van der Waals surface area contributed by atoms with Crippen LogP contribution in [-0.4, -0.2) is 67.4 Å². The number of morpholine rings is 1. The third-order valence-corrected chi connectivity index (χ3v) is 4.59. The molecule has 3 rings (SSSR count). The second-order valence-corrected chi connectivity index (χ2v) is 6.47. The van der Waals surface area contributed by atoms with Gasteiger partial charge in [0.1, 0.15) is 5.82 Å². The van der Waals surface area contributed by atoms with Crippen LogP contribution in [0.4, 0.5) is 11.8 Å². The van der Waals surface area contributed by atoms with Crippen molar-refractivity contribution in [3.63, 3.8) is 0 Å². The Kier molecular flexibility index (Phi) is 6.05. The van der Waals surface area contributed by atoms with Crippen molar-refractivity contribution in [3.05, 3.63) is 11.8 Å². The van der Waals surface area contributed by atoms with Crippen LogP contribution in [0, 0.1) is 6.92 Å². The molecule has 23 heavy (non-hydrogen) atoms. The molecule has 0 bridgehead atoms. The first-order chi connectivity index (χ1) is 11.3. The lowest BCUT2D eigenvalue weighted by Crippen LogP contribution is -2.39. The monoisotopic (exact) mass is 319 g/mol. The zero-order chi connectivity index (χ0) is 15.9. The minimum absolute atomic E-state index is 0.762. The topological polar surface area (TPSA) is 53.5 Å². The fraction of sp³-hybridized carbons (Fsp3) is 0.765. The Morgan fingerprint density at radius 1 is 1.04 bits per heavy atom. The van der Waals surface area contributed by atoms with Crippen LogP contribution in [0.1, 0.15) is 31.4 Å². The van der Waals surface area contributed by atoms with E-state index < -0.39 is 0 Å². The molecule has 0 aliphatic carbocycles. The lowest BCUT2D eigenvalue weighted by molar-refractivity contribution is 0.0398. The molecule has 2 fully saturated rings. The van der Waals surface area contributed by atoms with Crippen molar-refractivity contribution in [2.45, 2.75) is 32.6 Å². The van der Waals surface area contributed by atoms with Crippen LogP contribution in [0.5, 0.6) is 0 Å². The minimum atomic E-state index is 0.762. The van der Waals surface area contributed by atoms with Gasteiger partial charge in [-0.2, -0.15) is 4.98 Å². The van der Waals surface area contributed by atoms with Crippen molar-refractivity contribution in [3.8, 4) is 0 Å². The second kappa shape index (κ2) is 8.45. The molecule has 0 atom stereocenters. The van der Waals surface area contributed by atoms with E-state index in [9.17, 15) is 0 Å². The van der Waals surface area contributed by atoms with Crippen LogP contribution in [0.25, 0.3) is 0 Å². The zero-order valence-electron chi connectivity index (χ0n) is 14.3. The van der Waals surface area contributed by atoms with Crippen molar-refractivity contribution < 1.29 is 4.74 Å². The Hall–Kier alpha value is -1.40. The fourth-order valence-corrected chi connectivity index (χ4v) is 3.24. The Morgan fingerprint density at radius 2 is 1.78 bits per heavy atom. The summed E-state index contributed by atoms with van der Waals surface area (Å²) in [4.78, 5) is 14.1. The summed E-state index contributed by atoms with van der Waals surface area (Å²) in [6.07, 6.45) is 5.21. The molecule has 0 unspecified atom stereocenters. The summed E-state index contributed by atoms with van der Waals surface area (Å²) in [7, 11) is 0. The Bertz CT molecular complexity index is 482. The number of hydrogen-bond acceptors (Lipinski definition) is 6. The molecule has 0 aromatic carbocycles. The average Bonchev–Trinajstić information content (AvgIpc) is 2.85. The van der Waals surface area contributed by atoms with Crippen molar-refractivity contribution in [1.82, 2.24) is 14.9 Å². The van der Waals surface area contributed by atoms with Gasteiger partial charge in [0.25, 0.3) is 0 Å². The van der Waals surface area contributed by atoms with Crippen LogP contribution in [0.15, 0.2) is 6.07 Å². The molecule has 2 saturated heterocycles. The summed E-state index contributed by atoms with van der Waals surface area (Å²) in [5, 5.41) is 3.40. The Morgan fingerprint density at radius 3 is 2.52 bits per heavy atom. The van der Waals surface area contributed by atoms with Crippen LogP contribution >= 0.6 is 0 Å². The van der Waals surface area contributed by atoms with Gasteiger partial charge in [-0.1, -0.05) is 12.8 Å². The van der Waals surface area contributed by atoms with Crippen LogP contribution in [0.2, 0.25) is 0 Å². The van der Waals surface area contributed by atoms with Gasteiger partial charge in [0.15, 0.2) is 0 Å². The maximum Gasteiger partial charge on any atom is 0.224 e. The predicted octanol–water partition coefficient (Wildman–Crippen LogP) is 1.91. The molecule has 1 aromatic heterocycles. The molecule has 0 saturated carbocycles. The van der Waals surface area contributed by atoms with Gasteiger partial charge >= 0.3 is 0 Å². The second-order valence-electron chi connectivity index (χ2n) is 6.47. The Labute approximate surface area is 139 Å². The quantitative estimate of drug-likeness (QED) is 0.895. The van der Waals surface area contributed by atoms with E-state index in [-0.39, 0.29) is 0 Å². The zero-order valence-corrected chi connectivity index (χ0v) is 14.3. The molecule has 2 aliphatic heterocycles. The molecule has 0 amide bonds. The molecule has 1 N–H and O–H groups in total. The SMILES string of the molecule is Cc1cc(N2CCCCCC2)nc(NCCN2CCOCC2)n1. The summed E-state index contributed by atoms with van der Waals surface area (Å²) < 4.78 is 5.38. The first-order valence-corrected chi connectivity index (χ1v) is 8.96. The summed E-state index contributed by atoms with van der Waals surface area (Å²) in [5.41, 5.74) is 1.04. The number of hydrogen-bond donors (Lipinski definition) is 1. The predicted molar refractivity (Wildman–Crippen MR) is 93.2 cm³/mol. The first-order valence-electron chi connectivity index (χ1n) is 8.96. The van der Waals surface area contributed by atoms with Crippen molar-refractivity contribution in [2.24, 2.45) is 0 Å². The highest BCUT2D eigenvalue weighted by Gasteiger charge is 2.13. The number of rotatable bonds is 5. The summed E-state index contributed by atoms with van der Waals surface area (Å²) in [6.45, 7) is 9.91. The van der Waals surface area contributed by atoms with E-state index in [1.165, 1.54) is 25.7 Å². The van der Waals surface area contributed by atoms with Crippen molar-refractivity contribution in [2.75, 3.05) is 62.7 Å². The molecule has 2 aliphatic rings. The minimum Gasteiger partial charge on any atom is -0.379 e. The van der Waals surface area contributed by atoms with Crippen molar-refractivity contribution >= 4 is 11.8 Å². The fourth-order valence-electron chi connectivity index (χ4n) is 3.24. The van der Waals surface area contributed by atoms with E-state index in [2.05, 4.69) is 33.1 Å². The maximum absolute atomic E-state index is 5.38. The molecule has 128 valence electrons. The molecule has 3 heterocycles. The van der Waals surface area contributed by atoms with Gasteiger partial charge in [-0.15, -0.1) is 0 Å². The average molecular weight is 319 g/mol. The van der Waals surface area contributed by atoms with E-state index >= 15 is 0 Å². The van der Waals surface area contributed by atoms with E-state index in [4.69, 9.17) is 9.72 Å². The van der Waals surface area contributed by atoms with Gasteiger partial charge in [-0.3, -0.25) is 4.90 Å². The third-order valence-electron chi connectivity index (χ3n) is 4.59. The van der Waals surface area contributed by atoms with Gasteiger partial charge in [-0.05, 0) is 19.8 Å². The lowest BCUT2D eigenvalue weighted by Gasteiger charge is -2.26. The molecule has 0 radical (unpaired) electrons. The largest absolute Gasteiger partial charge is 0.379 e. The van der Waals surface area contributed by atoms with Gasteiger partial charge in [0.2, 0.25) is 5.95 Å². The van der Waals surface area contributed by atoms with Gasteiger partial charge in [0.05, 0.1) is 13.2 Å². The summed E-state index contributed by atoms with van der Waals surface area (Å²) in [5.74, 6) is 1.84. The smallest absolute Gasteiger partial charge is 0.224 e. The molecular formula is C17H29N5O. The van der Waals surface area contributed by atoms with Crippen LogP contribution < -0.4 is 10.2 Å². The Balaban J connectivity index is 1.56.